The van der Waals surface area contributed by atoms with Gasteiger partial charge >= 0.3 is 0 Å². The molecule has 1 heterocycles. The molecule has 0 amide bonds. The molecule has 0 aromatic carbocycles. The first-order valence-corrected chi connectivity index (χ1v) is 6.79. The van der Waals surface area contributed by atoms with Gasteiger partial charge in [0.05, 0.1) is 0 Å². The summed E-state index contributed by atoms with van der Waals surface area (Å²) >= 11 is 0. The summed E-state index contributed by atoms with van der Waals surface area (Å²) in [5, 5.41) is 3.48. The van der Waals surface area contributed by atoms with Crippen LogP contribution in [-0.4, -0.2) is 36.6 Å². The fourth-order valence-corrected chi connectivity index (χ4v) is 3.46. The molecule has 2 fully saturated rings. The lowest BCUT2D eigenvalue weighted by Gasteiger charge is -2.35. The van der Waals surface area contributed by atoms with Crippen molar-refractivity contribution in [3.05, 3.63) is 0 Å². The van der Waals surface area contributed by atoms with Crippen molar-refractivity contribution >= 4 is 0 Å². The molecule has 2 nitrogen and oxygen atoms in total. The number of fused-ring (bicyclic) bond motifs is 1. The maximum absolute atomic E-state index is 3.48. The minimum atomic E-state index is 0.734. The molecule has 0 aromatic heterocycles. The van der Waals surface area contributed by atoms with Gasteiger partial charge in [-0.3, -0.25) is 4.90 Å². The van der Waals surface area contributed by atoms with Gasteiger partial charge in [-0.05, 0) is 45.2 Å². The molecule has 1 saturated carbocycles. The summed E-state index contributed by atoms with van der Waals surface area (Å²) in [4.78, 5) is 2.77. The van der Waals surface area contributed by atoms with Crippen molar-refractivity contribution in [3.8, 4) is 0 Å². The molecule has 15 heavy (non-hydrogen) atoms. The molecule has 1 aliphatic carbocycles. The molecule has 1 N–H and O–H groups in total. The van der Waals surface area contributed by atoms with E-state index in [0.29, 0.717) is 0 Å². The Kier molecular flexibility index (Phi) is 4.04. The summed E-state index contributed by atoms with van der Waals surface area (Å²) in [6, 6.07) is 1.66. The number of hydrogen-bond acceptors (Lipinski definition) is 2. The van der Waals surface area contributed by atoms with Crippen LogP contribution in [0, 0.1) is 5.92 Å². The normalized spacial score (nSPS) is 34.0. The maximum Gasteiger partial charge on any atom is 0.0195 e. The molecule has 0 bridgehead atoms. The third-order valence-electron chi connectivity index (χ3n) is 4.31. The maximum atomic E-state index is 3.48. The van der Waals surface area contributed by atoms with E-state index in [1.54, 1.807) is 0 Å². The molecule has 3 atom stereocenters. The van der Waals surface area contributed by atoms with E-state index in [0.717, 1.165) is 24.5 Å². The van der Waals surface area contributed by atoms with Crippen molar-refractivity contribution in [2.75, 3.05) is 19.6 Å². The van der Waals surface area contributed by atoms with E-state index in [9.17, 15) is 0 Å². The van der Waals surface area contributed by atoms with E-state index in [-0.39, 0.29) is 0 Å². The van der Waals surface area contributed by atoms with Gasteiger partial charge in [-0.15, -0.1) is 0 Å². The average molecular weight is 210 g/mol. The highest BCUT2D eigenvalue weighted by Gasteiger charge is 2.37. The zero-order valence-electron chi connectivity index (χ0n) is 10.3. The zero-order valence-corrected chi connectivity index (χ0v) is 10.3. The summed E-state index contributed by atoms with van der Waals surface area (Å²) in [5.41, 5.74) is 0. The van der Waals surface area contributed by atoms with Gasteiger partial charge in [0.2, 0.25) is 0 Å². The lowest BCUT2D eigenvalue weighted by atomic mass is 9.85. The largest absolute Gasteiger partial charge is 0.315 e. The minimum Gasteiger partial charge on any atom is -0.315 e. The first kappa shape index (κ1) is 11.4. The highest BCUT2D eigenvalue weighted by molar-refractivity contribution is 4.92. The van der Waals surface area contributed by atoms with Gasteiger partial charge < -0.3 is 5.32 Å². The Labute approximate surface area is 94.4 Å². The quantitative estimate of drug-likeness (QED) is 0.765. The second-order valence-corrected chi connectivity index (χ2v) is 5.30. The molecule has 1 aliphatic heterocycles. The topological polar surface area (TPSA) is 15.3 Å². The van der Waals surface area contributed by atoms with Crippen LogP contribution in [0.2, 0.25) is 0 Å². The van der Waals surface area contributed by atoms with Gasteiger partial charge in [0.25, 0.3) is 0 Å². The molecule has 0 radical (unpaired) electrons. The molecule has 0 spiro atoms. The van der Waals surface area contributed by atoms with E-state index in [1.165, 1.54) is 45.2 Å². The molecule has 3 unspecified atom stereocenters. The van der Waals surface area contributed by atoms with E-state index < -0.39 is 0 Å². The Hall–Kier alpha value is -0.0800. The Morgan fingerprint density at radius 2 is 2.07 bits per heavy atom. The third-order valence-corrected chi connectivity index (χ3v) is 4.31. The van der Waals surface area contributed by atoms with Crippen molar-refractivity contribution < 1.29 is 0 Å². The van der Waals surface area contributed by atoms with E-state index in [1.807, 2.05) is 0 Å². The Balaban J connectivity index is 1.86. The van der Waals surface area contributed by atoms with Crippen molar-refractivity contribution in [1.29, 1.82) is 0 Å². The minimum absolute atomic E-state index is 0.734. The predicted molar refractivity (Wildman–Crippen MR) is 65.1 cm³/mol. The molecule has 0 aromatic rings. The van der Waals surface area contributed by atoms with Crippen molar-refractivity contribution in [2.45, 2.75) is 58.0 Å². The van der Waals surface area contributed by atoms with Gasteiger partial charge in [-0.1, -0.05) is 19.8 Å². The number of likely N-dealkylation sites (N-methyl/N-ethyl adjacent to an activating group) is 1. The van der Waals surface area contributed by atoms with Crippen LogP contribution < -0.4 is 5.32 Å². The monoisotopic (exact) mass is 210 g/mol. The summed E-state index contributed by atoms with van der Waals surface area (Å²) < 4.78 is 0. The van der Waals surface area contributed by atoms with Crippen molar-refractivity contribution in [1.82, 2.24) is 10.2 Å². The summed E-state index contributed by atoms with van der Waals surface area (Å²) in [5.74, 6) is 1.03. The second-order valence-electron chi connectivity index (χ2n) is 5.30. The number of rotatable bonds is 4. The van der Waals surface area contributed by atoms with Crippen LogP contribution in [0.25, 0.3) is 0 Å². The highest BCUT2D eigenvalue weighted by Crippen LogP contribution is 2.36. The molecular formula is C13H26N2. The Morgan fingerprint density at radius 3 is 2.87 bits per heavy atom. The average Bonchev–Trinajstić information content (AvgIpc) is 2.69. The Morgan fingerprint density at radius 1 is 1.27 bits per heavy atom. The predicted octanol–water partition coefficient (Wildman–Crippen LogP) is 2.25. The molecule has 2 aliphatic rings. The van der Waals surface area contributed by atoms with E-state index in [2.05, 4.69) is 24.1 Å². The zero-order chi connectivity index (χ0) is 10.7. The van der Waals surface area contributed by atoms with Crippen LogP contribution >= 0.6 is 0 Å². The Bertz CT molecular complexity index is 193. The number of nitrogens with zero attached hydrogens (tertiary/aromatic N) is 1. The van der Waals surface area contributed by atoms with E-state index in [4.69, 9.17) is 0 Å². The van der Waals surface area contributed by atoms with E-state index >= 15 is 0 Å². The lowest BCUT2D eigenvalue weighted by Crippen LogP contribution is -2.45. The summed E-state index contributed by atoms with van der Waals surface area (Å²) in [6.45, 7) is 8.20. The number of nitrogens with one attached hydrogen (secondary N) is 1. The number of hydrogen-bond donors (Lipinski definition) is 1. The first-order valence-electron chi connectivity index (χ1n) is 6.79. The molecule has 2 heteroatoms. The van der Waals surface area contributed by atoms with Crippen LogP contribution in [0.15, 0.2) is 0 Å². The fraction of sp³-hybridized carbons (Fsp3) is 1.00. The van der Waals surface area contributed by atoms with Crippen LogP contribution in [0.5, 0.6) is 0 Å². The molecule has 1 saturated heterocycles. The molecule has 88 valence electrons. The SMILES string of the molecule is CCNCC(C)N1CCC2CCCCC21. The van der Waals surface area contributed by atoms with Crippen molar-refractivity contribution in [2.24, 2.45) is 5.92 Å². The van der Waals surface area contributed by atoms with Gasteiger partial charge in [0.1, 0.15) is 0 Å². The smallest absolute Gasteiger partial charge is 0.0195 e. The van der Waals surface area contributed by atoms with Crippen LogP contribution in [0.3, 0.4) is 0 Å². The second kappa shape index (κ2) is 5.31. The summed E-state index contributed by atoms with van der Waals surface area (Å²) in [6.07, 6.45) is 7.36. The van der Waals surface area contributed by atoms with Crippen LogP contribution in [-0.2, 0) is 0 Å². The fourth-order valence-electron chi connectivity index (χ4n) is 3.46. The van der Waals surface area contributed by atoms with Gasteiger partial charge in [0, 0.05) is 18.6 Å². The van der Waals surface area contributed by atoms with Crippen LogP contribution in [0.4, 0.5) is 0 Å². The molecular weight excluding hydrogens is 184 g/mol. The highest BCUT2D eigenvalue weighted by atomic mass is 15.2. The third kappa shape index (κ3) is 2.54. The van der Waals surface area contributed by atoms with Gasteiger partial charge in [-0.25, -0.2) is 0 Å². The van der Waals surface area contributed by atoms with Gasteiger partial charge in [-0.2, -0.15) is 0 Å². The first-order chi connectivity index (χ1) is 7.33. The number of likely N-dealkylation sites (tertiary alicyclic amines) is 1. The lowest BCUT2D eigenvalue weighted by molar-refractivity contribution is 0.139. The molecule has 2 rings (SSSR count). The van der Waals surface area contributed by atoms with Crippen LogP contribution in [0.1, 0.15) is 46.0 Å². The summed E-state index contributed by atoms with van der Waals surface area (Å²) in [7, 11) is 0. The standard InChI is InChI=1S/C13H26N2/c1-3-14-10-11(2)15-9-8-12-6-4-5-7-13(12)15/h11-14H,3-10H2,1-2H3. The van der Waals surface area contributed by atoms with Crippen molar-refractivity contribution in [3.63, 3.8) is 0 Å². The van der Waals surface area contributed by atoms with Gasteiger partial charge in [0.15, 0.2) is 0 Å².